The van der Waals surface area contributed by atoms with Crippen molar-refractivity contribution in [2.24, 2.45) is 5.41 Å². The highest BCUT2D eigenvalue weighted by Gasteiger charge is 2.30. The van der Waals surface area contributed by atoms with E-state index < -0.39 is 31.2 Å². The van der Waals surface area contributed by atoms with Gasteiger partial charge in [-0.25, -0.2) is 4.79 Å². The predicted molar refractivity (Wildman–Crippen MR) is 68.0 cm³/mol. The quantitative estimate of drug-likeness (QED) is 0.220. The van der Waals surface area contributed by atoms with Crippen LogP contribution >= 0.6 is 32.3 Å². The smallest absolute Gasteiger partial charge is 0.344 e. The van der Waals surface area contributed by atoms with Crippen molar-refractivity contribution in [1.82, 2.24) is 0 Å². The van der Waals surface area contributed by atoms with Gasteiger partial charge in [-0.3, -0.25) is 0 Å². The Labute approximate surface area is 106 Å². The highest BCUT2D eigenvalue weighted by Crippen LogP contribution is 2.32. The van der Waals surface area contributed by atoms with Crippen LogP contribution in [0.1, 0.15) is 0 Å². The number of hydrogen-bond donors (Lipinski definition) is 4. The molecule has 8 heteroatoms. The first-order chi connectivity index (χ1) is 7.55. The minimum Gasteiger partial charge on any atom is -0.461 e. The van der Waals surface area contributed by atoms with Crippen LogP contribution in [0.4, 0.5) is 0 Å². The fraction of sp³-hybridized carbons (Fsp3) is 0.625. The fourth-order valence-corrected chi connectivity index (χ4v) is 2.17. The zero-order chi connectivity index (χ0) is 12.6. The normalized spacial score (nSPS) is 11.2. The molecular formula is C8H14O5S3. The Morgan fingerprint density at radius 1 is 1.31 bits per heavy atom. The van der Waals surface area contributed by atoms with Crippen LogP contribution in [0.15, 0.2) is 11.5 Å². The van der Waals surface area contributed by atoms with Crippen molar-refractivity contribution in [3.05, 3.63) is 11.5 Å². The van der Waals surface area contributed by atoms with Gasteiger partial charge in [0.2, 0.25) is 0 Å². The molecule has 0 aromatic heterocycles. The van der Waals surface area contributed by atoms with Crippen molar-refractivity contribution in [3.63, 3.8) is 0 Å². The molecule has 0 atom stereocenters. The van der Waals surface area contributed by atoms with Gasteiger partial charge in [0.1, 0.15) is 6.61 Å². The molecule has 0 saturated heterocycles. The Morgan fingerprint density at radius 3 is 2.19 bits per heavy atom. The van der Waals surface area contributed by atoms with E-state index in [0.717, 1.165) is 20.6 Å². The van der Waals surface area contributed by atoms with Gasteiger partial charge in [-0.15, -0.1) is 0 Å². The van der Waals surface area contributed by atoms with Crippen LogP contribution in [-0.4, -0.2) is 47.7 Å². The molecule has 0 spiro atoms. The number of thiol groups is 1. The van der Waals surface area contributed by atoms with Gasteiger partial charge in [0.15, 0.2) is 0 Å². The number of hydrogen-bond acceptors (Lipinski definition) is 8. The Morgan fingerprint density at radius 2 is 1.81 bits per heavy atom. The van der Waals surface area contributed by atoms with Crippen molar-refractivity contribution in [2.75, 3.05) is 26.4 Å². The second-order valence-corrected chi connectivity index (χ2v) is 6.23. The van der Waals surface area contributed by atoms with Crippen molar-refractivity contribution in [2.45, 2.75) is 0 Å². The zero-order valence-corrected chi connectivity index (χ0v) is 11.0. The molecular weight excluding hydrogens is 272 g/mol. The molecule has 0 aromatic carbocycles. The first-order valence-corrected chi connectivity index (χ1v) is 7.42. The molecule has 94 valence electrons. The average molecular weight is 286 g/mol. The molecule has 16 heavy (non-hydrogen) atoms. The number of aliphatic hydroxyl groups is 3. The van der Waals surface area contributed by atoms with Crippen LogP contribution in [0.2, 0.25) is 0 Å². The summed E-state index contributed by atoms with van der Waals surface area (Å²) in [5.41, 5.74) is -1.21. The van der Waals surface area contributed by atoms with Crippen LogP contribution in [-0.2, 0) is 9.53 Å². The Bertz CT molecular complexity index is 234. The van der Waals surface area contributed by atoms with Crippen LogP contribution in [0.3, 0.4) is 0 Å². The second-order valence-electron chi connectivity index (χ2n) is 3.13. The standard InChI is InChI=1S/C8H14O5S3/c1-6(15-16-14)7(12)13-5-8(2-9,3-10)4-11/h9-11,14H,1-5H2. The number of esters is 1. The lowest BCUT2D eigenvalue weighted by Gasteiger charge is -2.26. The van der Waals surface area contributed by atoms with Gasteiger partial charge in [0.25, 0.3) is 0 Å². The van der Waals surface area contributed by atoms with Crippen molar-refractivity contribution in [1.29, 1.82) is 0 Å². The zero-order valence-electron chi connectivity index (χ0n) is 8.46. The van der Waals surface area contributed by atoms with Gasteiger partial charge in [-0.1, -0.05) is 18.2 Å². The summed E-state index contributed by atoms with van der Waals surface area (Å²) in [7, 11) is 2.09. The summed E-state index contributed by atoms with van der Waals surface area (Å²) in [6, 6.07) is 0. The van der Waals surface area contributed by atoms with E-state index in [1.807, 2.05) is 0 Å². The van der Waals surface area contributed by atoms with Gasteiger partial charge in [-0.2, -0.15) is 0 Å². The molecule has 0 amide bonds. The molecule has 0 aliphatic heterocycles. The third-order valence-corrected chi connectivity index (χ3v) is 3.82. The summed E-state index contributed by atoms with van der Waals surface area (Å²) in [4.78, 5) is 11.4. The number of carbonyl (C=O) groups excluding carboxylic acids is 1. The molecule has 0 rings (SSSR count). The second kappa shape index (κ2) is 8.26. The Hall–Kier alpha value is 0.140. The summed E-state index contributed by atoms with van der Waals surface area (Å²) in [5.74, 6) is -0.661. The Balaban J connectivity index is 4.21. The maximum atomic E-state index is 11.3. The molecule has 0 saturated carbocycles. The average Bonchev–Trinajstić information content (AvgIpc) is 2.31. The van der Waals surface area contributed by atoms with E-state index in [1.54, 1.807) is 0 Å². The predicted octanol–water partition coefficient (Wildman–Crippen LogP) is 0.233. The molecule has 0 aliphatic carbocycles. The van der Waals surface area contributed by atoms with E-state index in [0.29, 0.717) is 0 Å². The molecule has 0 fully saturated rings. The van der Waals surface area contributed by atoms with E-state index in [1.165, 1.54) is 0 Å². The van der Waals surface area contributed by atoms with E-state index in [4.69, 9.17) is 20.1 Å². The molecule has 0 bridgehead atoms. The van der Waals surface area contributed by atoms with Crippen molar-refractivity contribution < 1.29 is 24.9 Å². The minimum atomic E-state index is -1.21. The fourth-order valence-electron chi connectivity index (χ4n) is 0.665. The van der Waals surface area contributed by atoms with Gasteiger partial charge in [0.05, 0.1) is 30.1 Å². The summed E-state index contributed by atoms with van der Waals surface area (Å²) < 4.78 is 4.81. The van der Waals surface area contributed by atoms with E-state index >= 15 is 0 Å². The van der Waals surface area contributed by atoms with E-state index in [9.17, 15) is 4.79 Å². The summed E-state index contributed by atoms with van der Waals surface area (Å²) in [5, 5.41) is 26.9. The van der Waals surface area contributed by atoms with Crippen LogP contribution in [0, 0.1) is 5.41 Å². The van der Waals surface area contributed by atoms with Crippen LogP contribution in [0.25, 0.3) is 0 Å². The number of carbonyl (C=O) groups is 1. The first kappa shape index (κ1) is 16.1. The van der Waals surface area contributed by atoms with Crippen LogP contribution in [0.5, 0.6) is 0 Å². The molecule has 0 heterocycles. The lowest BCUT2D eigenvalue weighted by atomic mass is 9.93. The minimum absolute atomic E-state index is 0.155. The highest BCUT2D eigenvalue weighted by atomic mass is 33.5. The van der Waals surface area contributed by atoms with Gasteiger partial charge >= 0.3 is 5.97 Å². The maximum Gasteiger partial charge on any atom is 0.344 e. The van der Waals surface area contributed by atoms with E-state index in [-0.39, 0.29) is 11.5 Å². The monoisotopic (exact) mass is 286 g/mol. The van der Waals surface area contributed by atoms with Gasteiger partial charge in [-0.05, 0) is 20.6 Å². The third kappa shape index (κ3) is 4.98. The molecule has 0 aromatic rings. The van der Waals surface area contributed by atoms with E-state index in [2.05, 4.69) is 18.2 Å². The maximum absolute atomic E-state index is 11.3. The number of aliphatic hydroxyl groups excluding tert-OH is 3. The van der Waals surface area contributed by atoms with Gasteiger partial charge in [0, 0.05) is 0 Å². The molecule has 3 N–H and O–H groups in total. The number of rotatable bonds is 8. The highest BCUT2D eigenvalue weighted by molar-refractivity contribution is 9.06. The SMILES string of the molecule is C=C(SSS)C(=O)OCC(CO)(CO)CO. The van der Waals surface area contributed by atoms with Crippen molar-refractivity contribution in [3.8, 4) is 0 Å². The summed E-state index contributed by atoms with van der Waals surface area (Å²) in [6.45, 7) is 1.75. The molecule has 0 radical (unpaired) electrons. The van der Waals surface area contributed by atoms with Crippen LogP contribution < -0.4 is 0 Å². The summed E-state index contributed by atoms with van der Waals surface area (Å²) >= 11 is 3.83. The van der Waals surface area contributed by atoms with Gasteiger partial charge < -0.3 is 20.1 Å². The molecule has 0 aliphatic rings. The lowest BCUT2D eigenvalue weighted by molar-refractivity contribution is -0.145. The molecule has 0 unspecified atom stereocenters. The van der Waals surface area contributed by atoms with Crippen molar-refractivity contribution >= 4 is 38.2 Å². The third-order valence-electron chi connectivity index (χ3n) is 1.88. The largest absolute Gasteiger partial charge is 0.461 e. The topological polar surface area (TPSA) is 87.0 Å². The Kier molecular flexibility index (Phi) is 8.34. The lowest BCUT2D eigenvalue weighted by Crippen LogP contribution is -2.39. The number of ether oxygens (including phenoxy) is 1. The molecule has 5 nitrogen and oxygen atoms in total. The summed E-state index contributed by atoms with van der Waals surface area (Å²) in [6.07, 6.45) is 0. The first-order valence-electron chi connectivity index (χ1n) is 4.22.